The Hall–Kier alpha value is -2.40. The minimum atomic E-state index is -0.308. The van der Waals surface area contributed by atoms with Crippen LogP contribution in [0.4, 0.5) is 4.39 Å². The molecule has 0 saturated heterocycles. The van der Waals surface area contributed by atoms with E-state index in [1.165, 1.54) is 23.3 Å². The van der Waals surface area contributed by atoms with Crippen molar-refractivity contribution in [3.8, 4) is 5.75 Å². The van der Waals surface area contributed by atoms with Crippen molar-refractivity contribution in [1.82, 2.24) is 5.32 Å². The number of carbonyl (C=O) groups is 1. The van der Waals surface area contributed by atoms with Crippen LogP contribution in [0.3, 0.4) is 0 Å². The zero-order valence-corrected chi connectivity index (χ0v) is 16.5. The van der Waals surface area contributed by atoms with Crippen molar-refractivity contribution in [1.29, 1.82) is 0 Å². The summed E-state index contributed by atoms with van der Waals surface area (Å²) in [6, 6.07) is 12.8. The third-order valence-electron chi connectivity index (χ3n) is 5.05. The van der Waals surface area contributed by atoms with Gasteiger partial charge in [-0.25, -0.2) is 4.39 Å². The number of nitrogens with one attached hydrogen (secondary N) is 1. The first-order valence-corrected chi connectivity index (χ1v) is 9.89. The highest BCUT2D eigenvalue weighted by molar-refractivity contribution is 5.80. The van der Waals surface area contributed by atoms with Crippen molar-refractivity contribution in [2.24, 2.45) is 5.92 Å². The van der Waals surface area contributed by atoms with Gasteiger partial charge < -0.3 is 14.8 Å². The molecule has 0 atom stereocenters. The monoisotopic (exact) mass is 385 g/mol. The highest BCUT2D eigenvalue weighted by atomic mass is 19.1. The average Bonchev–Trinajstić information content (AvgIpc) is 3.11. The van der Waals surface area contributed by atoms with Gasteiger partial charge in [-0.1, -0.05) is 44.2 Å². The third-order valence-corrected chi connectivity index (χ3v) is 5.05. The summed E-state index contributed by atoms with van der Waals surface area (Å²) >= 11 is 0. The van der Waals surface area contributed by atoms with Crippen LogP contribution in [0.25, 0.3) is 0 Å². The van der Waals surface area contributed by atoms with E-state index in [2.05, 4.69) is 17.4 Å². The predicted molar refractivity (Wildman–Crippen MR) is 107 cm³/mol. The van der Waals surface area contributed by atoms with Crippen LogP contribution < -0.4 is 10.1 Å². The summed E-state index contributed by atoms with van der Waals surface area (Å²) in [5.74, 6) is 0.610. The lowest BCUT2D eigenvalue weighted by Gasteiger charge is -2.14. The summed E-state index contributed by atoms with van der Waals surface area (Å²) < 4.78 is 24.6. The van der Waals surface area contributed by atoms with Crippen LogP contribution in [-0.2, 0) is 22.4 Å². The Morgan fingerprint density at radius 1 is 1.11 bits per heavy atom. The van der Waals surface area contributed by atoms with E-state index in [1.807, 2.05) is 26.0 Å². The molecule has 1 N–H and O–H groups in total. The van der Waals surface area contributed by atoms with Gasteiger partial charge in [-0.2, -0.15) is 0 Å². The van der Waals surface area contributed by atoms with Gasteiger partial charge in [0.05, 0.1) is 13.2 Å². The van der Waals surface area contributed by atoms with Gasteiger partial charge in [0.25, 0.3) is 0 Å². The molecule has 150 valence electrons. The Bertz CT molecular complexity index is 781. The van der Waals surface area contributed by atoms with Crippen LogP contribution in [0.5, 0.6) is 5.75 Å². The molecule has 1 aliphatic carbocycles. The maximum atomic E-state index is 13.4. The smallest absolute Gasteiger partial charge is 0.223 e. The number of benzene rings is 2. The van der Waals surface area contributed by atoms with Crippen LogP contribution in [-0.4, -0.2) is 32.3 Å². The van der Waals surface area contributed by atoms with Crippen LogP contribution >= 0.6 is 0 Å². The fraction of sp³-hybridized carbons (Fsp3) is 0.435. The van der Waals surface area contributed by atoms with Crippen LogP contribution in [0.15, 0.2) is 42.5 Å². The highest BCUT2D eigenvalue weighted by Gasteiger charge is 2.26. The number of carbonyl (C=O) groups excluding carboxylic acids is 1. The van der Waals surface area contributed by atoms with Gasteiger partial charge in [-0.15, -0.1) is 0 Å². The summed E-state index contributed by atoms with van der Waals surface area (Å²) in [5, 5.41) is 2.95. The fourth-order valence-electron chi connectivity index (χ4n) is 3.56. The maximum Gasteiger partial charge on any atom is 0.223 e. The molecule has 1 aliphatic rings. The van der Waals surface area contributed by atoms with Gasteiger partial charge in [-0.3, -0.25) is 4.79 Å². The summed E-state index contributed by atoms with van der Waals surface area (Å²) in [7, 11) is 0. The van der Waals surface area contributed by atoms with Crippen LogP contribution in [0.1, 0.15) is 36.5 Å². The summed E-state index contributed by atoms with van der Waals surface area (Å²) in [6.45, 7) is 5.72. The van der Waals surface area contributed by atoms with Gasteiger partial charge >= 0.3 is 0 Å². The summed E-state index contributed by atoms with van der Waals surface area (Å²) in [4.78, 5) is 12.3. The number of fused-ring (bicyclic) bond motifs is 1. The van der Waals surface area contributed by atoms with Crippen LogP contribution in [0, 0.1) is 11.7 Å². The van der Waals surface area contributed by atoms with E-state index in [0.717, 1.165) is 18.4 Å². The Morgan fingerprint density at radius 2 is 1.82 bits per heavy atom. The van der Waals surface area contributed by atoms with Crippen molar-refractivity contribution < 1.29 is 18.7 Å². The molecule has 0 spiro atoms. The standard InChI is InChI=1S/C23H28FNO3/c1-16(2)21-8-7-20(24)15-22(21)28-12-11-27-10-9-25-23(26)19-13-17-5-3-4-6-18(17)14-19/h3-8,15-16,19H,9-14H2,1-2H3,(H,25,26). The van der Waals surface area contributed by atoms with E-state index in [1.54, 1.807) is 6.07 Å². The minimum Gasteiger partial charge on any atom is -0.491 e. The molecular formula is C23H28FNO3. The van der Waals surface area contributed by atoms with Crippen molar-refractivity contribution in [3.05, 3.63) is 65.0 Å². The second-order valence-corrected chi connectivity index (χ2v) is 7.46. The number of ether oxygens (including phenoxy) is 2. The second kappa shape index (κ2) is 9.69. The minimum absolute atomic E-state index is 0.0168. The van der Waals surface area contributed by atoms with Crippen molar-refractivity contribution >= 4 is 5.91 Å². The number of hydrogen-bond acceptors (Lipinski definition) is 3. The number of hydrogen-bond donors (Lipinski definition) is 1. The van der Waals surface area contributed by atoms with E-state index < -0.39 is 0 Å². The Kier molecular flexibility index (Phi) is 7.04. The molecule has 0 bridgehead atoms. The Balaban J connectivity index is 1.31. The Morgan fingerprint density at radius 3 is 2.50 bits per heavy atom. The number of halogens is 1. The zero-order chi connectivity index (χ0) is 19.9. The molecular weight excluding hydrogens is 357 g/mol. The largest absolute Gasteiger partial charge is 0.491 e. The summed E-state index contributed by atoms with van der Waals surface area (Å²) in [5.41, 5.74) is 3.52. The van der Waals surface area contributed by atoms with E-state index in [-0.39, 0.29) is 23.6 Å². The molecule has 0 aliphatic heterocycles. The van der Waals surface area contributed by atoms with Crippen molar-refractivity contribution in [2.75, 3.05) is 26.4 Å². The van der Waals surface area contributed by atoms with Gasteiger partial charge in [-0.05, 0) is 41.5 Å². The van der Waals surface area contributed by atoms with Crippen molar-refractivity contribution in [2.45, 2.75) is 32.6 Å². The van der Waals surface area contributed by atoms with E-state index in [4.69, 9.17) is 9.47 Å². The molecule has 0 aromatic heterocycles. The topological polar surface area (TPSA) is 47.6 Å². The average molecular weight is 385 g/mol. The number of rotatable bonds is 9. The predicted octanol–water partition coefficient (Wildman–Crippen LogP) is 3.88. The molecule has 3 rings (SSSR count). The molecule has 5 heteroatoms. The molecule has 0 radical (unpaired) electrons. The Labute approximate surface area is 166 Å². The number of amides is 1. The quantitative estimate of drug-likeness (QED) is 0.667. The third kappa shape index (κ3) is 5.32. The van der Waals surface area contributed by atoms with Crippen LogP contribution in [0.2, 0.25) is 0 Å². The fourth-order valence-corrected chi connectivity index (χ4v) is 3.56. The molecule has 0 saturated carbocycles. The molecule has 0 fully saturated rings. The molecule has 1 amide bonds. The normalized spacial score (nSPS) is 13.6. The SMILES string of the molecule is CC(C)c1ccc(F)cc1OCCOCCNC(=O)C1Cc2ccccc2C1. The lowest BCUT2D eigenvalue weighted by Crippen LogP contribution is -2.33. The molecule has 2 aromatic carbocycles. The first kappa shape index (κ1) is 20.3. The second-order valence-electron chi connectivity index (χ2n) is 7.46. The molecule has 0 heterocycles. The lowest BCUT2D eigenvalue weighted by atomic mass is 10.0. The van der Waals surface area contributed by atoms with Gasteiger partial charge in [0, 0.05) is 18.5 Å². The van der Waals surface area contributed by atoms with E-state index >= 15 is 0 Å². The van der Waals surface area contributed by atoms with Gasteiger partial charge in [0.1, 0.15) is 18.2 Å². The molecule has 4 nitrogen and oxygen atoms in total. The lowest BCUT2D eigenvalue weighted by molar-refractivity contribution is -0.124. The molecule has 2 aromatic rings. The zero-order valence-electron chi connectivity index (χ0n) is 16.5. The maximum absolute atomic E-state index is 13.4. The van der Waals surface area contributed by atoms with E-state index in [0.29, 0.717) is 32.1 Å². The van der Waals surface area contributed by atoms with E-state index in [9.17, 15) is 9.18 Å². The highest BCUT2D eigenvalue weighted by Crippen LogP contribution is 2.27. The van der Waals surface area contributed by atoms with Crippen molar-refractivity contribution in [3.63, 3.8) is 0 Å². The van der Waals surface area contributed by atoms with Gasteiger partial charge in [0.2, 0.25) is 5.91 Å². The molecule has 28 heavy (non-hydrogen) atoms. The summed E-state index contributed by atoms with van der Waals surface area (Å²) in [6.07, 6.45) is 1.62. The first-order chi connectivity index (χ1) is 13.5. The first-order valence-electron chi connectivity index (χ1n) is 9.89. The molecule has 0 unspecified atom stereocenters. The van der Waals surface area contributed by atoms with Gasteiger partial charge in [0.15, 0.2) is 0 Å².